The molecule has 0 bridgehead atoms. The highest BCUT2D eigenvalue weighted by Gasteiger charge is 1.96. The molecule has 0 spiro atoms. The third-order valence-electron chi connectivity index (χ3n) is 2.59. The van der Waals surface area contributed by atoms with Crippen molar-refractivity contribution in [3.8, 4) is 5.75 Å². The van der Waals surface area contributed by atoms with Crippen molar-refractivity contribution in [2.45, 2.75) is 13.3 Å². The molecular formula is C15H24IN3O. The van der Waals surface area contributed by atoms with Crippen LogP contribution >= 0.6 is 24.0 Å². The van der Waals surface area contributed by atoms with E-state index >= 15 is 0 Å². The summed E-state index contributed by atoms with van der Waals surface area (Å²) in [6.07, 6.45) is 2.73. The lowest BCUT2D eigenvalue weighted by Crippen LogP contribution is -2.37. The Morgan fingerprint density at radius 1 is 1.30 bits per heavy atom. The van der Waals surface area contributed by atoms with Gasteiger partial charge in [0.25, 0.3) is 0 Å². The minimum absolute atomic E-state index is 0. The summed E-state index contributed by atoms with van der Waals surface area (Å²) in [4.78, 5) is 4.50. The van der Waals surface area contributed by atoms with Crippen LogP contribution in [0.4, 0.5) is 0 Å². The zero-order valence-corrected chi connectivity index (χ0v) is 14.5. The Kier molecular flexibility index (Phi) is 10.9. The number of ether oxygens (including phenoxy) is 1. The second-order valence-corrected chi connectivity index (χ2v) is 4.03. The van der Waals surface area contributed by atoms with Gasteiger partial charge in [-0.05, 0) is 31.0 Å². The summed E-state index contributed by atoms with van der Waals surface area (Å²) in [5.74, 6) is 1.71. The topological polar surface area (TPSA) is 45.7 Å². The van der Waals surface area contributed by atoms with E-state index in [2.05, 4.69) is 41.3 Å². The van der Waals surface area contributed by atoms with Gasteiger partial charge in [-0.1, -0.05) is 18.2 Å². The number of halogens is 1. The maximum atomic E-state index is 5.13. The highest BCUT2D eigenvalue weighted by atomic mass is 127. The maximum Gasteiger partial charge on any atom is 0.191 e. The fourth-order valence-electron chi connectivity index (χ4n) is 1.60. The van der Waals surface area contributed by atoms with Gasteiger partial charge in [0, 0.05) is 19.6 Å². The van der Waals surface area contributed by atoms with Crippen LogP contribution in [0.3, 0.4) is 0 Å². The number of benzene rings is 1. The third kappa shape index (κ3) is 7.37. The van der Waals surface area contributed by atoms with Crippen molar-refractivity contribution in [1.29, 1.82) is 0 Å². The predicted octanol–water partition coefficient (Wildman–Crippen LogP) is 2.60. The molecular weight excluding hydrogens is 365 g/mol. The van der Waals surface area contributed by atoms with E-state index in [1.54, 1.807) is 7.11 Å². The first kappa shape index (κ1) is 18.8. The fraction of sp³-hybridized carbons (Fsp3) is 0.400. The van der Waals surface area contributed by atoms with Crippen molar-refractivity contribution in [3.05, 3.63) is 42.5 Å². The van der Waals surface area contributed by atoms with Gasteiger partial charge in [-0.25, -0.2) is 0 Å². The number of hydrogen-bond donors (Lipinski definition) is 2. The molecule has 20 heavy (non-hydrogen) atoms. The van der Waals surface area contributed by atoms with Gasteiger partial charge in [0.2, 0.25) is 0 Å². The average Bonchev–Trinajstić information content (AvgIpc) is 2.45. The molecule has 4 nitrogen and oxygen atoms in total. The summed E-state index contributed by atoms with van der Waals surface area (Å²) in [5.41, 5.74) is 1.25. The van der Waals surface area contributed by atoms with E-state index < -0.39 is 0 Å². The zero-order valence-electron chi connectivity index (χ0n) is 12.2. The van der Waals surface area contributed by atoms with Gasteiger partial charge in [0.1, 0.15) is 5.75 Å². The molecule has 0 unspecified atom stereocenters. The molecule has 1 aromatic rings. The minimum atomic E-state index is 0. The Morgan fingerprint density at radius 2 is 2.00 bits per heavy atom. The summed E-state index contributed by atoms with van der Waals surface area (Å²) >= 11 is 0. The summed E-state index contributed by atoms with van der Waals surface area (Å²) in [7, 11) is 1.67. The lowest BCUT2D eigenvalue weighted by atomic mass is 10.1. The van der Waals surface area contributed by atoms with Crippen LogP contribution < -0.4 is 15.4 Å². The van der Waals surface area contributed by atoms with E-state index in [0.29, 0.717) is 6.54 Å². The Labute approximate surface area is 138 Å². The molecule has 0 aliphatic carbocycles. The summed E-state index contributed by atoms with van der Waals surface area (Å²) in [5, 5.41) is 6.37. The normalized spacial score (nSPS) is 10.4. The number of rotatable bonds is 7. The molecule has 0 aliphatic heterocycles. The first-order valence-electron chi connectivity index (χ1n) is 6.56. The molecule has 1 rings (SSSR count). The van der Waals surface area contributed by atoms with Gasteiger partial charge in [0.15, 0.2) is 5.96 Å². The molecule has 0 heterocycles. The Balaban J connectivity index is 0.00000361. The molecule has 1 aromatic carbocycles. The SMILES string of the molecule is C=CCNC(=NCCc1ccc(OC)cc1)NCC.I. The van der Waals surface area contributed by atoms with Gasteiger partial charge in [-0.15, -0.1) is 30.6 Å². The Hall–Kier alpha value is -1.24. The molecule has 2 N–H and O–H groups in total. The molecule has 0 radical (unpaired) electrons. The van der Waals surface area contributed by atoms with E-state index in [-0.39, 0.29) is 24.0 Å². The van der Waals surface area contributed by atoms with Crippen LogP contribution in [0.25, 0.3) is 0 Å². The smallest absolute Gasteiger partial charge is 0.191 e. The molecule has 0 atom stereocenters. The second-order valence-electron chi connectivity index (χ2n) is 4.03. The molecule has 0 saturated carbocycles. The number of methoxy groups -OCH3 is 1. The summed E-state index contributed by atoms with van der Waals surface area (Å²) in [6, 6.07) is 8.08. The predicted molar refractivity (Wildman–Crippen MR) is 96.3 cm³/mol. The van der Waals surface area contributed by atoms with E-state index in [1.165, 1.54) is 5.56 Å². The van der Waals surface area contributed by atoms with Crippen LogP contribution in [0.1, 0.15) is 12.5 Å². The molecule has 0 amide bonds. The largest absolute Gasteiger partial charge is 0.497 e. The van der Waals surface area contributed by atoms with E-state index in [1.807, 2.05) is 18.2 Å². The maximum absolute atomic E-state index is 5.13. The van der Waals surface area contributed by atoms with Crippen molar-refractivity contribution in [2.24, 2.45) is 4.99 Å². The number of nitrogens with one attached hydrogen (secondary N) is 2. The molecule has 112 valence electrons. The van der Waals surface area contributed by atoms with Crippen LogP contribution in [0.15, 0.2) is 41.9 Å². The average molecular weight is 389 g/mol. The number of aliphatic imine (C=N–C) groups is 1. The highest BCUT2D eigenvalue weighted by Crippen LogP contribution is 2.11. The summed E-state index contributed by atoms with van der Waals surface area (Å²) in [6.45, 7) is 8.05. The van der Waals surface area contributed by atoms with Gasteiger partial charge >= 0.3 is 0 Å². The molecule has 5 heteroatoms. The monoisotopic (exact) mass is 389 g/mol. The lowest BCUT2D eigenvalue weighted by Gasteiger charge is -2.09. The Bertz CT molecular complexity index is 404. The Morgan fingerprint density at radius 3 is 2.55 bits per heavy atom. The summed E-state index contributed by atoms with van der Waals surface area (Å²) < 4.78 is 5.13. The van der Waals surface area contributed by atoms with Gasteiger partial charge < -0.3 is 15.4 Å². The van der Waals surface area contributed by atoms with Crippen LogP contribution in [-0.2, 0) is 6.42 Å². The first-order chi connectivity index (χ1) is 9.30. The minimum Gasteiger partial charge on any atom is -0.497 e. The van der Waals surface area contributed by atoms with Crippen molar-refractivity contribution in [2.75, 3.05) is 26.7 Å². The standard InChI is InChI=1S/C15H23N3O.HI/c1-4-11-17-15(16-5-2)18-12-10-13-6-8-14(19-3)9-7-13;/h4,6-9H,1,5,10-12H2,2-3H3,(H2,16,17,18);1H. The van der Waals surface area contributed by atoms with Gasteiger partial charge in [-0.2, -0.15) is 0 Å². The first-order valence-corrected chi connectivity index (χ1v) is 6.56. The quantitative estimate of drug-likeness (QED) is 0.326. The number of hydrogen-bond acceptors (Lipinski definition) is 2. The van der Waals surface area contributed by atoms with Crippen LogP contribution in [0.2, 0.25) is 0 Å². The van der Waals surface area contributed by atoms with Crippen LogP contribution in [-0.4, -0.2) is 32.7 Å². The van der Waals surface area contributed by atoms with Crippen molar-refractivity contribution in [1.82, 2.24) is 10.6 Å². The van der Waals surface area contributed by atoms with E-state index in [0.717, 1.165) is 31.2 Å². The van der Waals surface area contributed by atoms with Crippen LogP contribution in [0, 0.1) is 0 Å². The highest BCUT2D eigenvalue weighted by molar-refractivity contribution is 14.0. The molecule has 0 saturated heterocycles. The number of nitrogens with zero attached hydrogens (tertiary/aromatic N) is 1. The number of guanidine groups is 1. The third-order valence-corrected chi connectivity index (χ3v) is 2.59. The second kappa shape index (κ2) is 11.6. The van der Waals surface area contributed by atoms with Gasteiger partial charge in [0.05, 0.1) is 7.11 Å². The lowest BCUT2D eigenvalue weighted by molar-refractivity contribution is 0.414. The molecule has 0 aromatic heterocycles. The van der Waals surface area contributed by atoms with Crippen molar-refractivity contribution < 1.29 is 4.74 Å². The van der Waals surface area contributed by atoms with Crippen molar-refractivity contribution >= 4 is 29.9 Å². The zero-order chi connectivity index (χ0) is 13.9. The van der Waals surface area contributed by atoms with E-state index in [9.17, 15) is 0 Å². The van der Waals surface area contributed by atoms with Gasteiger partial charge in [-0.3, -0.25) is 4.99 Å². The van der Waals surface area contributed by atoms with E-state index in [4.69, 9.17) is 4.74 Å². The van der Waals surface area contributed by atoms with Crippen molar-refractivity contribution in [3.63, 3.8) is 0 Å². The van der Waals surface area contributed by atoms with Crippen LogP contribution in [0.5, 0.6) is 5.75 Å². The molecule has 0 fully saturated rings. The molecule has 0 aliphatic rings. The fourth-order valence-corrected chi connectivity index (χ4v) is 1.60.